The molecular weight excluding hydrogens is 278 g/mol. The third kappa shape index (κ3) is 3.57. The molecular formula is C15H22ClNO3. The number of halogens is 1. The lowest BCUT2D eigenvalue weighted by Gasteiger charge is -2.28. The summed E-state index contributed by atoms with van der Waals surface area (Å²) < 4.78 is 11.0. The average Bonchev–Trinajstić information content (AvgIpc) is 2.38. The van der Waals surface area contributed by atoms with Gasteiger partial charge in [-0.15, -0.1) is 0 Å². The van der Waals surface area contributed by atoms with Crippen molar-refractivity contribution < 1.29 is 14.6 Å². The van der Waals surface area contributed by atoms with E-state index in [4.69, 9.17) is 21.1 Å². The Labute approximate surface area is 125 Å². The fourth-order valence-corrected chi connectivity index (χ4v) is 2.22. The first-order chi connectivity index (χ1) is 9.40. The van der Waals surface area contributed by atoms with Crippen LogP contribution in [0.2, 0.25) is 5.02 Å². The van der Waals surface area contributed by atoms with Crippen molar-refractivity contribution in [3.63, 3.8) is 0 Å². The maximum absolute atomic E-state index is 10.2. The number of benzene rings is 1. The van der Waals surface area contributed by atoms with Crippen LogP contribution in [0.5, 0.6) is 11.5 Å². The van der Waals surface area contributed by atoms with Gasteiger partial charge >= 0.3 is 0 Å². The minimum Gasteiger partial charge on any atom is -0.486 e. The van der Waals surface area contributed by atoms with Crippen molar-refractivity contribution >= 4 is 11.6 Å². The highest BCUT2D eigenvalue weighted by atomic mass is 35.5. The molecule has 1 aromatic carbocycles. The molecule has 1 atom stereocenters. The Morgan fingerprint density at radius 1 is 1.35 bits per heavy atom. The molecule has 1 aliphatic rings. The molecule has 5 heteroatoms. The van der Waals surface area contributed by atoms with E-state index in [2.05, 4.69) is 5.32 Å². The molecule has 0 saturated carbocycles. The van der Waals surface area contributed by atoms with Crippen LogP contribution in [-0.4, -0.2) is 30.5 Å². The molecule has 0 spiro atoms. The van der Waals surface area contributed by atoms with Crippen LogP contribution in [0.1, 0.15) is 26.3 Å². The minimum absolute atomic E-state index is 0.193. The van der Waals surface area contributed by atoms with Crippen molar-refractivity contribution in [2.45, 2.75) is 32.9 Å². The monoisotopic (exact) mass is 299 g/mol. The van der Waals surface area contributed by atoms with Gasteiger partial charge in [0.05, 0.1) is 10.6 Å². The summed E-state index contributed by atoms with van der Waals surface area (Å²) in [5, 5.41) is 14.0. The molecule has 20 heavy (non-hydrogen) atoms. The van der Waals surface area contributed by atoms with E-state index >= 15 is 0 Å². The van der Waals surface area contributed by atoms with Gasteiger partial charge in [-0.25, -0.2) is 0 Å². The smallest absolute Gasteiger partial charge is 0.179 e. The van der Waals surface area contributed by atoms with Gasteiger partial charge in [0.1, 0.15) is 13.2 Å². The zero-order valence-electron chi connectivity index (χ0n) is 12.2. The average molecular weight is 300 g/mol. The van der Waals surface area contributed by atoms with Gasteiger partial charge in [0.25, 0.3) is 0 Å². The molecule has 1 aliphatic heterocycles. The van der Waals surface area contributed by atoms with E-state index in [1.807, 2.05) is 32.9 Å². The SMILES string of the molecule is CC(C)C(C)(O)CNCc1cc(Cl)c2c(c1)OCCO2. The van der Waals surface area contributed by atoms with E-state index in [9.17, 15) is 5.11 Å². The van der Waals surface area contributed by atoms with Crippen molar-refractivity contribution in [3.05, 3.63) is 22.7 Å². The largest absolute Gasteiger partial charge is 0.486 e. The summed E-state index contributed by atoms with van der Waals surface area (Å²) >= 11 is 6.18. The minimum atomic E-state index is -0.725. The second-order valence-electron chi connectivity index (χ2n) is 5.72. The Balaban J connectivity index is 1.99. The van der Waals surface area contributed by atoms with Crippen LogP contribution in [0.25, 0.3) is 0 Å². The van der Waals surface area contributed by atoms with Gasteiger partial charge in [-0.1, -0.05) is 25.4 Å². The quantitative estimate of drug-likeness (QED) is 0.877. The molecule has 0 fully saturated rings. The molecule has 0 amide bonds. The number of nitrogens with one attached hydrogen (secondary N) is 1. The molecule has 112 valence electrons. The number of aliphatic hydroxyl groups is 1. The standard InChI is InChI=1S/C15H22ClNO3/c1-10(2)15(3,18)9-17-8-11-6-12(16)14-13(7-11)19-4-5-20-14/h6-7,10,17-18H,4-5,8-9H2,1-3H3. The van der Waals surface area contributed by atoms with E-state index in [0.29, 0.717) is 42.8 Å². The van der Waals surface area contributed by atoms with Crippen molar-refractivity contribution in [3.8, 4) is 11.5 Å². The highest BCUT2D eigenvalue weighted by Crippen LogP contribution is 2.38. The summed E-state index contributed by atoms with van der Waals surface area (Å²) in [5.74, 6) is 1.51. The lowest BCUT2D eigenvalue weighted by Crippen LogP contribution is -2.41. The lowest BCUT2D eigenvalue weighted by molar-refractivity contribution is 0.0140. The van der Waals surface area contributed by atoms with Gasteiger partial charge < -0.3 is 19.9 Å². The van der Waals surface area contributed by atoms with Crippen LogP contribution in [0.15, 0.2) is 12.1 Å². The van der Waals surface area contributed by atoms with E-state index in [0.717, 1.165) is 5.56 Å². The van der Waals surface area contributed by atoms with Gasteiger partial charge in [0.15, 0.2) is 11.5 Å². The Hall–Kier alpha value is -0.970. The van der Waals surface area contributed by atoms with Crippen LogP contribution in [0.4, 0.5) is 0 Å². The Kier molecular flexibility index (Phi) is 4.78. The fourth-order valence-electron chi connectivity index (χ4n) is 1.93. The van der Waals surface area contributed by atoms with Crippen molar-refractivity contribution in [2.24, 2.45) is 5.92 Å². The lowest BCUT2D eigenvalue weighted by atomic mass is 9.92. The van der Waals surface area contributed by atoms with Gasteiger partial charge in [-0.2, -0.15) is 0 Å². The highest BCUT2D eigenvalue weighted by molar-refractivity contribution is 6.32. The van der Waals surface area contributed by atoms with Crippen LogP contribution in [0.3, 0.4) is 0 Å². The molecule has 0 aromatic heterocycles. The van der Waals surface area contributed by atoms with Crippen LogP contribution in [0, 0.1) is 5.92 Å². The summed E-state index contributed by atoms with van der Waals surface area (Å²) in [6, 6.07) is 3.80. The van der Waals surface area contributed by atoms with Crippen molar-refractivity contribution in [1.29, 1.82) is 0 Å². The summed E-state index contributed by atoms with van der Waals surface area (Å²) in [7, 11) is 0. The third-order valence-electron chi connectivity index (χ3n) is 3.71. The van der Waals surface area contributed by atoms with Crippen molar-refractivity contribution in [2.75, 3.05) is 19.8 Å². The third-order valence-corrected chi connectivity index (χ3v) is 3.99. The molecule has 2 N–H and O–H groups in total. The molecule has 0 radical (unpaired) electrons. The normalized spacial score (nSPS) is 17.1. The molecule has 0 aliphatic carbocycles. The summed E-state index contributed by atoms with van der Waals surface area (Å²) in [6.45, 7) is 8.06. The van der Waals surface area contributed by atoms with Crippen molar-refractivity contribution in [1.82, 2.24) is 5.32 Å². The van der Waals surface area contributed by atoms with Gasteiger partial charge in [-0.05, 0) is 30.5 Å². The first kappa shape index (κ1) is 15.4. The van der Waals surface area contributed by atoms with Gasteiger partial charge in [0.2, 0.25) is 0 Å². The fraction of sp³-hybridized carbons (Fsp3) is 0.600. The number of hydrogen-bond acceptors (Lipinski definition) is 4. The Bertz CT molecular complexity index is 474. The first-order valence-corrected chi connectivity index (χ1v) is 7.29. The zero-order chi connectivity index (χ0) is 14.8. The first-order valence-electron chi connectivity index (χ1n) is 6.91. The second-order valence-corrected chi connectivity index (χ2v) is 6.12. The summed E-state index contributed by atoms with van der Waals surface area (Å²) in [4.78, 5) is 0. The molecule has 0 saturated heterocycles. The van der Waals surface area contributed by atoms with E-state index in [1.54, 1.807) is 0 Å². The summed E-state index contributed by atoms with van der Waals surface area (Å²) in [6.07, 6.45) is 0. The summed E-state index contributed by atoms with van der Waals surface area (Å²) in [5.41, 5.74) is 0.288. The molecule has 1 unspecified atom stereocenters. The molecule has 4 nitrogen and oxygen atoms in total. The predicted octanol–water partition coefficient (Wildman–Crippen LogP) is 2.61. The predicted molar refractivity (Wildman–Crippen MR) is 79.6 cm³/mol. The molecule has 1 aromatic rings. The Morgan fingerprint density at radius 3 is 2.75 bits per heavy atom. The maximum Gasteiger partial charge on any atom is 0.179 e. The van der Waals surface area contributed by atoms with E-state index in [-0.39, 0.29) is 5.92 Å². The molecule has 0 bridgehead atoms. The van der Waals surface area contributed by atoms with Crippen LogP contribution >= 0.6 is 11.6 Å². The maximum atomic E-state index is 10.2. The number of fused-ring (bicyclic) bond motifs is 1. The molecule has 2 rings (SSSR count). The topological polar surface area (TPSA) is 50.7 Å². The van der Waals surface area contributed by atoms with E-state index < -0.39 is 5.60 Å². The molecule has 1 heterocycles. The number of rotatable bonds is 5. The zero-order valence-corrected chi connectivity index (χ0v) is 13.0. The number of hydrogen-bond donors (Lipinski definition) is 2. The number of ether oxygens (including phenoxy) is 2. The van der Waals surface area contributed by atoms with Crippen LogP contribution < -0.4 is 14.8 Å². The van der Waals surface area contributed by atoms with Crippen LogP contribution in [-0.2, 0) is 6.54 Å². The Morgan fingerprint density at radius 2 is 2.05 bits per heavy atom. The van der Waals surface area contributed by atoms with Gasteiger partial charge in [-0.3, -0.25) is 0 Å². The van der Waals surface area contributed by atoms with E-state index in [1.165, 1.54) is 0 Å². The second kappa shape index (κ2) is 6.20. The van der Waals surface area contributed by atoms with Gasteiger partial charge in [0, 0.05) is 13.1 Å². The highest BCUT2D eigenvalue weighted by Gasteiger charge is 2.24.